The van der Waals surface area contributed by atoms with Crippen molar-refractivity contribution in [1.82, 2.24) is 10.6 Å². The smallest absolute Gasteiger partial charge is 0.223 e. The Morgan fingerprint density at radius 2 is 2.40 bits per heavy atom. The van der Waals surface area contributed by atoms with Gasteiger partial charge in [-0.05, 0) is 25.6 Å². The van der Waals surface area contributed by atoms with Crippen LogP contribution in [-0.2, 0) is 4.79 Å². The van der Waals surface area contributed by atoms with Crippen molar-refractivity contribution in [2.45, 2.75) is 25.8 Å². The molecule has 15 heavy (non-hydrogen) atoms. The van der Waals surface area contributed by atoms with E-state index in [0.29, 0.717) is 6.04 Å². The van der Waals surface area contributed by atoms with E-state index in [1.807, 2.05) is 13.2 Å². The minimum Gasteiger partial charge on any atom is -0.352 e. The van der Waals surface area contributed by atoms with Gasteiger partial charge in [-0.2, -0.15) is 11.8 Å². The molecule has 3 nitrogen and oxygen atoms in total. The van der Waals surface area contributed by atoms with Crippen molar-refractivity contribution in [1.29, 1.82) is 0 Å². The molecule has 1 fully saturated rings. The minimum atomic E-state index is 0. The predicted octanol–water partition coefficient (Wildman–Crippen LogP) is 1.28. The summed E-state index contributed by atoms with van der Waals surface area (Å²) in [6.07, 6.45) is 4.32. The number of amides is 1. The zero-order valence-corrected chi connectivity index (χ0v) is 11.0. The first kappa shape index (κ1) is 15.1. The third-order valence-electron chi connectivity index (χ3n) is 2.51. The first-order valence-corrected chi connectivity index (χ1v) is 6.63. The number of carbonyl (C=O) groups is 1. The van der Waals surface area contributed by atoms with E-state index < -0.39 is 0 Å². The van der Waals surface area contributed by atoms with Gasteiger partial charge >= 0.3 is 0 Å². The normalized spacial score (nSPS) is 22.7. The van der Waals surface area contributed by atoms with E-state index in [-0.39, 0.29) is 24.2 Å². The Morgan fingerprint density at radius 3 is 2.93 bits per heavy atom. The summed E-state index contributed by atoms with van der Waals surface area (Å²) in [6, 6.07) is 0.348. The molecule has 1 rings (SSSR count). The Hall–Kier alpha value is 0.0700. The zero-order chi connectivity index (χ0) is 10.4. The van der Waals surface area contributed by atoms with E-state index in [1.165, 1.54) is 6.42 Å². The Bertz CT molecular complexity index is 186. The lowest BCUT2D eigenvalue weighted by Gasteiger charge is -2.25. The van der Waals surface area contributed by atoms with Crippen LogP contribution in [0.5, 0.6) is 0 Å². The van der Waals surface area contributed by atoms with Crippen LogP contribution in [0.3, 0.4) is 0 Å². The maximum atomic E-state index is 11.6. The van der Waals surface area contributed by atoms with E-state index in [9.17, 15) is 4.79 Å². The van der Waals surface area contributed by atoms with Crippen LogP contribution in [0.25, 0.3) is 0 Å². The highest BCUT2D eigenvalue weighted by Gasteiger charge is 2.18. The molecule has 5 heteroatoms. The molecule has 0 aliphatic carbocycles. The molecule has 2 unspecified atom stereocenters. The first-order chi connectivity index (χ1) is 6.74. The average molecular weight is 253 g/mol. The second kappa shape index (κ2) is 8.25. The molecule has 2 N–H and O–H groups in total. The molecular weight excluding hydrogens is 232 g/mol. The lowest BCUT2D eigenvalue weighted by Crippen LogP contribution is -2.47. The predicted molar refractivity (Wildman–Crippen MR) is 68.8 cm³/mol. The third-order valence-corrected chi connectivity index (χ3v) is 3.34. The van der Waals surface area contributed by atoms with Crippen LogP contribution in [0.2, 0.25) is 0 Å². The van der Waals surface area contributed by atoms with Crippen molar-refractivity contribution < 1.29 is 4.79 Å². The Balaban J connectivity index is 0.00000196. The number of piperidine rings is 1. The van der Waals surface area contributed by atoms with Crippen LogP contribution in [0.15, 0.2) is 0 Å². The maximum absolute atomic E-state index is 11.6. The van der Waals surface area contributed by atoms with Gasteiger partial charge in [0, 0.05) is 24.3 Å². The van der Waals surface area contributed by atoms with Crippen molar-refractivity contribution in [3.8, 4) is 0 Å². The number of hydrogen-bond donors (Lipinski definition) is 2. The molecule has 0 aromatic rings. The minimum absolute atomic E-state index is 0. The second-order valence-corrected chi connectivity index (χ2v) is 4.82. The molecule has 1 heterocycles. The largest absolute Gasteiger partial charge is 0.352 e. The summed E-state index contributed by atoms with van der Waals surface area (Å²) in [6.45, 7) is 4.01. The highest BCUT2D eigenvalue weighted by atomic mass is 35.5. The fourth-order valence-electron chi connectivity index (χ4n) is 1.64. The summed E-state index contributed by atoms with van der Waals surface area (Å²) in [5.41, 5.74) is 0. The molecule has 0 bridgehead atoms. The molecule has 0 aromatic carbocycles. The Morgan fingerprint density at radius 1 is 1.67 bits per heavy atom. The number of nitrogens with one attached hydrogen (secondary N) is 2. The Labute approximate surface area is 103 Å². The van der Waals surface area contributed by atoms with Crippen LogP contribution in [-0.4, -0.2) is 37.0 Å². The summed E-state index contributed by atoms with van der Waals surface area (Å²) in [7, 11) is 0. The van der Waals surface area contributed by atoms with Crippen molar-refractivity contribution in [2.24, 2.45) is 5.92 Å². The topological polar surface area (TPSA) is 41.1 Å². The molecular formula is C10H21ClN2OS. The number of hydrogen-bond acceptors (Lipinski definition) is 3. The monoisotopic (exact) mass is 252 g/mol. The van der Waals surface area contributed by atoms with Gasteiger partial charge in [-0.25, -0.2) is 0 Å². The average Bonchev–Trinajstić information content (AvgIpc) is 2.19. The molecule has 1 amide bonds. The molecule has 1 saturated heterocycles. The van der Waals surface area contributed by atoms with E-state index in [1.54, 1.807) is 11.8 Å². The number of rotatable bonds is 4. The third kappa shape index (κ3) is 5.64. The van der Waals surface area contributed by atoms with Crippen molar-refractivity contribution in [2.75, 3.05) is 25.1 Å². The number of thioether (sulfide) groups is 1. The van der Waals surface area contributed by atoms with Gasteiger partial charge in [-0.1, -0.05) is 6.92 Å². The van der Waals surface area contributed by atoms with E-state index >= 15 is 0 Å². The second-order valence-electron chi connectivity index (χ2n) is 3.91. The van der Waals surface area contributed by atoms with E-state index in [4.69, 9.17) is 0 Å². The van der Waals surface area contributed by atoms with Gasteiger partial charge in [0.2, 0.25) is 5.91 Å². The van der Waals surface area contributed by atoms with Gasteiger partial charge in [-0.15, -0.1) is 12.4 Å². The Kier molecular flexibility index (Phi) is 8.29. The zero-order valence-electron chi connectivity index (χ0n) is 9.41. The SMILES string of the molecule is CSCC(C)C(=O)NC1CCCNC1.Cl. The summed E-state index contributed by atoms with van der Waals surface area (Å²) in [5.74, 6) is 1.24. The molecule has 2 atom stereocenters. The number of halogens is 1. The standard InChI is InChI=1S/C10H20N2OS.ClH/c1-8(7-14-2)10(13)12-9-4-3-5-11-6-9;/h8-9,11H,3-7H2,1-2H3,(H,12,13);1H. The fourth-order valence-corrected chi connectivity index (χ4v) is 2.30. The van der Waals surface area contributed by atoms with E-state index in [2.05, 4.69) is 10.6 Å². The molecule has 1 aliphatic rings. The molecule has 0 radical (unpaired) electrons. The highest BCUT2D eigenvalue weighted by Crippen LogP contribution is 2.07. The van der Waals surface area contributed by atoms with E-state index in [0.717, 1.165) is 25.3 Å². The van der Waals surface area contributed by atoms with Gasteiger partial charge in [-0.3, -0.25) is 4.79 Å². The van der Waals surface area contributed by atoms with Crippen molar-refractivity contribution in [3.63, 3.8) is 0 Å². The van der Waals surface area contributed by atoms with Crippen molar-refractivity contribution >= 4 is 30.1 Å². The quantitative estimate of drug-likeness (QED) is 0.792. The van der Waals surface area contributed by atoms with Crippen molar-refractivity contribution in [3.05, 3.63) is 0 Å². The summed E-state index contributed by atoms with van der Waals surface area (Å²) < 4.78 is 0. The molecule has 90 valence electrons. The lowest BCUT2D eigenvalue weighted by atomic mass is 10.1. The van der Waals surface area contributed by atoms with Gasteiger partial charge in [0.1, 0.15) is 0 Å². The maximum Gasteiger partial charge on any atom is 0.223 e. The summed E-state index contributed by atoms with van der Waals surface area (Å²) in [4.78, 5) is 11.6. The van der Waals surface area contributed by atoms with Gasteiger partial charge in [0.05, 0.1) is 0 Å². The number of carbonyl (C=O) groups excluding carboxylic acids is 1. The van der Waals surface area contributed by atoms with Gasteiger partial charge in [0.15, 0.2) is 0 Å². The van der Waals surface area contributed by atoms with Crippen LogP contribution < -0.4 is 10.6 Å². The van der Waals surface area contributed by atoms with Gasteiger partial charge in [0.25, 0.3) is 0 Å². The molecule has 0 saturated carbocycles. The molecule has 0 aromatic heterocycles. The van der Waals surface area contributed by atoms with Crippen LogP contribution >= 0.6 is 24.2 Å². The van der Waals surface area contributed by atoms with Crippen LogP contribution in [0, 0.1) is 5.92 Å². The molecule has 0 spiro atoms. The summed E-state index contributed by atoms with van der Waals surface area (Å²) >= 11 is 1.72. The van der Waals surface area contributed by atoms with Gasteiger partial charge < -0.3 is 10.6 Å². The highest BCUT2D eigenvalue weighted by molar-refractivity contribution is 7.98. The lowest BCUT2D eigenvalue weighted by molar-refractivity contribution is -0.124. The molecule has 1 aliphatic heterocycles. The first-order valence-electron chi connectivity index (χ1n) is 5.24. The van der Waals surface area contributed by atoms with Crippen LogP contribution in [0.1, 0.15) is 19.8 Å². The summed E-state index contributed by atoms with van der Waals surface area (Å²) in [5, 5.41) is 6.38. The van der Waals surface area contributed by atoms with Crippen LogP contribution in [0.4, 0.5) is 0 Å². The fraction of sp³-hybridized carbons (Fsp3) is 0.900.